The van der Waals surface area contributed by atoms with Crippen molar-refractivity contribution in [2.75, 3.05) is 19.6 Å². The zero-order valence-electron chi connectivity index (χ0n) is 11.5. The maximum atomic E-state index is 4.19. The van der Waals surface area contributed by atoms with Crippen molar-refractivity contribution in [3.05, 3.63) is 36.3 Å². The summed E-state index contributed by atoms with van der Waals surface area (Å²) < 4.78 is 0. The number of piperazine rings is 1. The molecule has 6 heteroatoms. The fourth-order valence-corrected chi connectivity index (χ4v) is 2.59. The Hall–Kier alpha value is -1.43. The molecule has 3 heterocycles. The molecule has 2 aromatic heterocycles. The Morgan fingerprint density at radius 1 is 1.40 bits per heavy atom. The monoisotopic (exact) mass is 293 g/mol. The summed E-state index contributed by atoms with van der Waals surface area (Å²) in [6.07, 6.45) is 5.59. The third-order valence-corrected chi connectivity index (χ3v) is 3.51. The molecule has 108 valence electrons. The van der Waals surface area contributed by atoms with Crippen LogP contribution in [0.25, 0.3) is 11.3 Å². The fourth-order valence-electron chi connectivity index (χ4n) is 2.59. The van der Waals surface area contributed by atoms with Crippen LogP contribution in [0.1, 0.15) is 12.5 Å². The number of hydrogen-bond acceptors (Lipinski definition) is 4. The van der Waals surface area contributed by atoms with Crippen LogP contribution in [0.15, 0.2) is 30.7 Å². The van der Waals surface area contributed by atoms with Gasteiger partial charge < -0.3 is 5.32 Å². The number of rotatable bonds is 3. The lowest BCUT2D eigenvalue weighted by atomic mass is 10.1. The van der Waals surface area contributed by atoms with E-state index in [-0.39, 0.29) is 12.4 Å². The van der Waals surface area contributed by atoms with Crippen LogP contribution >= 0.6 is 12.4 Å². The number of aromatic amines is 1. The third kappa shape index (κ3) is 3.36. The molecule has 1 unspecified atom stereocenters. The average molecular weight is 294 g/mol. The van der Waals surface area contributed by atoms with E-state index in [1.807, 2.05) is 18.5 Å². The predicted octanol–water partition coefficient (Wildman–Crippen LogP) is 1.69. The van der Waals surface area contributed by atoms with E-state index in [2.05, 4.69) is 38.4 Å². The third-order valence-electron chi connectivity index (χ3n) is 3.51. The minimum absolute atomic E-state index is 0. The molecule has 2 aromatic rings. The predicted molar refractivity (Wildman–Crippen MR) is 81.8 cm³/mol. The molecule has 0 bridgehead atoms. The van der Waals surface area contributed by atoms with Gasteiger partial charge in [0.15, 0.2) is 0 Å². The van der Waals surface area contributed by atoms with Crippen LogP contribution in [0.4, 0.5) is 0 Å². The van der Waals surface area contributed by atoms with Gasteiger partial charge in [0, 0.05) is 55.7 Å². The quantitative estimate of drug-likeness (QED) is 0.904. The summed E-state index contributed by atoms with van der Waals surface area (Å²) in [5.74, 6) is 0. The lowest BCUT2D eigenvalue weighted by molar-refractivity contribution is 0.200. The second-order valence-corrected chi connectivity index (χ2v) is 5.10. The molecule has 0 radical (unpaired) electrons. The highest BCUT2D eigenvalue weighted by atomic mass is 35.5. The number of halogens is 1. The number of aromatic nitrogens is 3. The molecule has 0 saturated carbocycles. The molecule has 1 saturated heterocycles. The summed E-state index contributed by atoms with van der Waals surface area (Å²) in [6, 6.07) is 4.57. The molecule has 0 spiro atoms. The Labute approximate surface area is 125 Å². The van der Waals surface area contributed by atoms with Gasteiger partial charge in [-0.3, -0.25) is 15.0 Å². The van der Waals surface area contributed by atoms with Crippen molar-refractivity contribution in [3.63, 3.8) is 0 Å². The average Bonchev–Trinajstić information content (AvgIpc) is 2.88. The SMILES string of the molecule is CC1CN(Cc2cn[nH]c2-c2cccnc2)CCN1.Cl. The Kier molecular flexibility index (Phi) is 5.11. The van der Waals surface area contributed by atoms with Gasteiger partial charge in [-0.2, -0.15) is 5.10 Å². The van der Waals surface area contributed by atoms with Crippen molar-refractivity contribution < 1.29 is 0 Å². The zero-order chi connectivity index (χ0) is 13.1. The highest BCUT2D eigenvalue weighted by Crippen LogP contribution is 2.21. The first-order valence-corrected chi connectivity index (χ1v) is 6.71. The number of nitrogens with zero attached hydrogens (tertiary/aromatic N) is 3. The molecular formula is C14H20ClN5. The normalized spacial score (nSPS) is 19.6. The molecular weight excluding hydrogens is 274 g/mol. The van der Waals surface area contributed by atoms with E-state index in [0.717, 1.165) is 37.4 Å². The summed E-state index contributed by atoms with van der Waals surface area (Å²) in [4.78, 5) is 6.63. The molecule has 1 fully saturated rings. The molecule has 0 aliphatic carbocycles. The van der Waals surface area contributed by atoms with Crippen LogP contribution in [0.3, 0.4) is 0 Å². The van der Waals surface area contributed by atoms with Gasteiger partial charge in [-0.25, -0.2) is 0 Å². The maximum Gasteiger partial charge on any atom is 0.0710 e. The summed E-state index contributed by atoms with van der Waals surface area (Å²) in [6.45, 7) is 6.39. The van der Waals surface area contributed by atoms with Crippen LogP contribution in [-0.2, 0) is 6.54 Å². The van der Waals surface area contributed by atoms with Gasteiger partial charge in [0.2, 0.25) is 0 Å². The summed E-state index contributed by atoms with van der Waals surface area (Å²) in [5.41, 5.74) is 3.42. The number of hydrogen-bond donors (Lipinski definition) is 2. The van der Waals surface area contributed by atoms with Gasteiger partial charge in [-0.15, -0.1) is 12.4 Å². The van der Waals surface area contributed by atoms with Crippen LogP contribution in [0.2, 0.25) is 0 Å². The summed E-state index contributed by atoms with van der Waals surface area (Å²) in [7, 11) is 0. The molecule has 2 N–H and O–H groups in total. The Morgan fingerprint density at radius 2 is 2.30 bits per heavy atom. The molecule has 1 aliphatic heterocycles. The van der Waals surface area contributed by atoms with E-state index >= 15 is 0 Å². The molecule has 5 nitrogen and oxygen atoms in total. The van der Waals surface area contributed by atoms with Crippen LogP contribution in [0, 0.1) is 0 Å². The highest BCUT2D eigenvalue weighted by Gasteiger charge is 2.17. The Bertz CT molecular complexity index is 527. The van der Waals surface area contributed by atoms with Crippen molar-refractivity contribution >= 4 is 12.4 Å². The Morgan fingerprint density at radius 3 is 3.05 bits per heavy atom. The first-order chi connectivity index (χ1) is 9.33. The first kappa shape index (κ1) is 15.0. The fraction of sp³-hybridized carbons (Fsp3) is 0.429. The van der Waals surface area contributed by atoms with Crippen LogP contribution in [-0.4, -0.2) is 45.8 Å². The summed E-state index contributed by atoms with van der Waals surface area (Å²) >= 11 is 0. The second kappa shape index (κ2) is 6.83. The van der Waals surface area contributed by atoms with E-state index in [0.29, 0.717) is 6.04 Å². The van der Waals surface area contributed by atoms with E-state index in [1.165, 1.54) is 5.56 Å². The van der Waals surface area contributed by atoms with E-state index < -0.39 is 0 Å². The highest BCUT2D eigenvalue weighted by molar-refractivity contribution is 5.85. The largest absolute Gasteiger partial charge is 0.312 e. The zero-order valence-corrected chi connectivity index (χ0v) is 12.4. The second-order valence-electron chi connectivity index (χ2n) is 5.10. The lowest BCUT2D eigenvalue weighted by Crippen LogP contribution is -2.48. The molecule has 0 aromatic carbocycles. The van der Waals surface area contributed by atoms with Crippen molar-refractivity contribution in [3.8, 4) is 11.3 Å². The van der Waals surface area contributed by atoms with Gasteiger partial charge in [0.1, 0.15) is 0 Å². The van der Waals surface area contributed by atoms with E-state index in [1.54, 1.807) is 6.20 Å². The maximum absolute atomic E-state index is 4.19. The Balaban J connectivity index is 0.00000147. The molecule has 20 heavy (non-hydrogen) atoms. The standard InChI is InChI=1S/C14H19N5.ClH/c1-11-9-19(6-5-16-11)10-13-8-17-18-14(13)12-3-2-4-15-7-12;/h2-4,7-8,11,16H,5-6,9-10H2,1H3,(H,17,18);1H. The molecule has 1 atom stereocenters. The molecule has 0 amide bonds. The first-order valence-electron chi connectivity index (χ1n) is 6.71. The number of nitrogens with one attached hydrogen (secondary N) is 2. The number of H-pyrrole nitrogens is 1. The van der Waals surface area contributed by atoms with E-state index in [9.17, 15) is 0 Å². The van der Waals surface area contributed by atoms with Gasteiger partial charge >= 0.3 is 0 Å². The van der Waals surface area contributed by atoms with Crippen molar-refractivity contribution in [2.24, 2.45) is 0 Å². The van der Waals surface area contributed by atoms with Gasteiger partial charge in [0.25, 0.3) is 0 Å². The molecule has 1 aliphatic rings. The van der Waals surface area contributed by atoms with Crippen molar-refractivity contribution in [2.45, 2.75) is 19.5 Å². The topological polar surface area (TPSA) is 56.8 Å². The minimum Gasteiger partial charge on any atom is -0.312 e. The molecule has 3 rings (SSSR count). The number of pyridine rings is 1. The van der Waals surface area contributed by atoms with Crippen LogP contribution in [0.5, 0.6) is 0 Å². The van der Waals surface area contributed by atoms with Gasteiger partial charge in [-0.1, -0.05) is 0 Å². The summed E-state index contributed by atoms with van der Waals surface area (Å²) in [5, 5.41) is 10.7. The van der Waals surface area contributed by atoms with Gasteiger partial charge in [0.05, 0.1) is 11.9 Å². The minimum atomic E-state index is 0. The van der Waals surface area contributed by atoms with E-state index in [4.69, 9.17) is 0 Å². The smallest absolute Gasteiger partial charge is 0.0710 e. The van der Waals surface area contributed by atoms with Crippen molar-refractivity contribution in [1.82, 2.24) is 25.4 Å². The van der Waals surface area contributed by atoms with Crippen molar-refractivity contribution in [1.29, 1.82) is 0 Å². The lowest BCUT2D eigenvalue weighted by Gasteiger charge is -2.31. The van der Waals surface area contributed by atoms with Gasteiger partial charge in [-0.05, 0) is 19.1 Å². The van der Waals surface area contributed by atoms with Crippen LogP contribution < -0.4 is 5.32 Å².